The molecule has 1 aromatic carbocycles. The smallest absolute Gasteiger partial charge is 0.221 e. The summed E-state index contributed by atoms with van der Waals surface area (Å²) in [7, 11) is -2.82. The largest absolute Gasteiger partial charge is 0.326 e. The molecule has 116 valence electrons. The van der Waals surface area contributed by atoms with Gasteiger partial charge in [-0.1, -0.05) is 12.1 Å². The van der Waals surface area contributed by atoms with Crippen molar-refractivity contribution in [1.29, 1.82) is 0 Å². The highest BCUT2D eigenvalue weighted by atomic mass is 32.2. The molecule has 0 aliphatic carbocycles. The summed E-state index contributed by atoms with van der Waals surface area (Å²) in [4.78, 5) is 11.1. The van der Waals surface area contributed by atoms with Crippen LogP contribution in [0.25, 0.3) is 0 Å². The number of rotatable bonds is 4. The summed E-state index contributed by atoms with van der Waals surface area (Å²) in [6, 6.07) is 8.05. The number of carbonyl (C=O) groups is 1. The molecule has 1 aromatic rings. The maximum Gasteiger partial charge on any atom is 0.221 e. The van der Waals surface area contributed by atoms with E-state index in [4.69, 9.17) is 0 Å². The van der Waals surface area contributed by atoms with Crippen molar-refractivity contribution in [3.8, 4) is 0 Å². The highest BCUT2D eigenvalue weighted by Crippen LogP contribution is 2.20. The SMILES string of the molecule is CC(=O)Nc1cccc(C(C)NC2CCS(=O)(=O)CC2)c1. The molecule has 1 heterocycles. The van der Waals surface area contributed by atoms with Crippen LogP contribution in [-0.2, 0) is 14.6 Å². The molecule has 1 unspecified atom stereocenters. The maximum atomic E-state index is 11.4. The molecule has 1 atom stereocenters. The van der Waals surface area contributed by atoms with Gasteiger partial charge in [0.15, 0.2) is 0 Å². The van der Waals surface area contributed by atoms with Crippen LogP contribution in [0.2, 0.25) is 0 Å². The van der Waals surface area contributed by atoms with Gasteiger partial charge in [0.05, 0.1) is 11.5 Å². The lowest BCUT2D eigenvalue weighted by Crippen LogP contribution is -2.38. The molecule has 5 nitrogen and oxygen atoms in total. The Morgan fingerprint density at radius 1 is 1.29 bits per heavy atom. The van der Waals surface area contributed by atoms with E-state index < -0.39 is 9.84 Å². The van der Waals surface area contributed by atoms with Crippen molar-refractivity contribution in [3.05, 3.63) is 29.8 Å². The second-order valence-electron chi connectivity index (χ2n) is 5.62. The van der Waals surface area contributed by atoms with Gasteiger partial charge < -0.3 is 10.6 Å². The van der Waals surface area contributed by atoms with Gasteiger partial charge in [0, 0.05) is 24.7 Å². The minimum absolute atomic E-state index is 0.0924. The molecule has 21 heavy (non-hydrogen) atoms. The van der Waals surface area contributed by atoms with Crippen LogP contribution in [-0.4, -0.2) is 31.9 Å². The second-order valence-corrected chi connectivity index (χ2v) is 7.92. The summed E-state index contributed by atoms with van der Waals surface area (Å²) in [5.74, 6) is 0.442. The number of nitrogens with one attached hydrogen (secondary N) is 2. The summed E-state index contributed by atoms with van der Waals surface area (Å²) in [6.07, 6.45) is 1.33. The Kier molecular flexibility index (Phi) is 5.00. The van der Waals surface area contributed by atoms with E-state index in [0.717, 1.165) is 11.3 Å². The molecule has 1 amide bonds. The first-order valence-electron chi connectivity index (χ1n) is 7.20. The van der Waals surface area contributed by atoms with Gasteiger partial charge in [-0.05, 0) is 37.5 Å². The first-order chi connectivity index (χ1) is 9.85. The number of hydrogen-bond acceptors (Lipinski definition) is 4. The van der Waals surface area contributed by atoms with E-state index in [1.165, 1.54) is 6.92 Å². The minimum Gasteiger partial charge on any atom is -0.326 e. The van der Waals surface area contributed by atoms with E-state index in [-0.39, 0.29) is 29.5 Å². The Labute approximate surface area is 126 Å². The molecule has 0 saturated carbocycles. The number of amides is 1. The lowest BCUT2D eigenvalue weighted by Gasteiger charge is -2.27. The molecule has 1 saturated heterocycles. The van der Waals surface area contributed by atoms with Gasteiger partial charge >= 0.3 is 0 Å². The van der Waals surface area contributed by atoms with Gasteiger partial charge in [-0.25, -0.2) is 8.42 Å². The Hall–Kier alpha value is -1.40. The highest BCUT2D eigenvalue weighted by Gasteiger charge is 2.24. The summed E-state index contributed by atoms with van der Waals surface area (Å²) in [5.41, 5.74) is 1.86. The zero-order valence-corrected chi connectivity index (χ0v) is 13.2. The van der Waals surface area contributed by atoms with E-state index in [9.17, 15) is 13.2 Å². The van der Waals surface area contributed by atoms with E-state index in [2.05, 4.69) is 17.6 Å². The molecule has 0 spiro atoms. The molecule has 1 fully saturated rings. The quantitative estimate of drug-likeness (QED) is 0.890. The third-order valence-corrected chi connectivity index (χ3v) is 5.46. The number of sulfone groups is 1. The van der Waals surface area contributed by atoms with Crippen LogP contribution in [0.1, 0.15) is 38.3 Å². The molecule has 1 aliphatic heterocycles. The summed E-state index contributed by atoms with van der Waals surface area (Å²) in [6.45, 7) is 3.53. The first kappa shape index (κ1) is 16.0. The van der Waals surface area contributed by atoms with Crippen LogP contribution in [0.15, 0.2) is 24.3 Å². The highest BCUT2D eigenvalue weighted by molar-refractivity contribution is 7.91. The molecular weight excluding hydrogens is 288 g/mol. The fourth-order valence-corrected chi connectivity index (χ4v) is 4.09. The average molecular weight is 310 g/mol. The lowest BCUT2D eigenvalue weighted by atomic mass is 10.0. The van der Waals surface area contributed by atoms with Crippen molar-refractivity contribution < 1.29 is 13.2 Å². The Balaban J connectivity index is 1.97. The zero-order valence-electron chi connectivity index (χ0n) is 12.4. The monoisotopic (exact) mass is 310 g/mol. The fourth-order valence-electron chi connectivity index (χ4n) is 2.60. The molecule has 0 radical (unpaired) electrons. The van der Waals surface area contributed by atoms with Crippen LogP contribution in [0.5, 0.6) is 0 Å². The number of anilines is 1. The number of benzene rings is 1. The van der Waals surface area contributed by atoms with Crippen LogP contribution in [0.3, 0.4) is 0 Å². The Bertz CT molecular complexity index is 599. The molecule has 2 N–H and O–H groups in total. The average Bonchev–Trinajstić information content (AvgIpc) is 2.41. The third-order valence-electron chi connectivity index (χ3n) is 3.75. The van der Waals surface area contributed by atoms with Gasteiger partial charge in [0.2, 0.25) is 5.91 Å². The van der Waals surface area contributed by atoms with Crippen LogP contribution < -0.4 is 10.6 Å². The van der Waals surface area contributed by atoms with Crippen molar-refractivity contribution in [3.63, 3.8) is 0 Å². The van der Waals surface area contributed by atoms with Gasteiger partial charge in [-0.2, -0.15) is 0 Å². The van der Waals surface area contributed by atoms with Crippen molar-refractivity contribution in [1.82, 2.24) is 5.32 Å². The van der Waals surface area contributed by atoms with Crippen molar-refractivity contribution in [2.45, 2.75) is 38.8 Å². The second kappa shape index (κ2) is 6.58. The van der Waals surface area contributed by atoms with Gasteiger partial charge in [0.25, 0.3) is 0 Å². The lowest BCUT2D eigenvalue weighted by molar-refractivity contribution is -0.114. The minimum atomic E-state index is -2.82. The summed E-state index contributed by atoms with van der Waals surface area (Å²) >= 11 is 0. The van der Waals surface area contributed by atoms with Crippen LogP contribution >= 0.6 is 0 Å². The predicted molar refractivity (Wildman–Crippen MR) is 84.0 cm³/mol. The zero-order chi connectivity index (χ0) is 15.5. The van der Waals surface area contributed by atoms with E-state index in [1.54, 1.807) is 0 Å². The van der Waals surface area contributed by atoms with Crippen LogP contribution in [0, 0.1) is 0 Å². The predicted octanol–water partition coefficient (Wildman–Crippen LogP) is 1.87. The molecular formula is C15H22N2O3S. The fraction of sp³-hybridized carbons (Fsp3) is 0.533. The first-order valence-corrected chi connectivity index (χ1v) is 9.02. The number of hydrogen-bond donors (Lipinski definition) is 2. The maximum absolute atomic E-state index is 11.4. The van der Waals surface area contributed by atoms with Crippen molar-refractivity contribution >= 4 is 21.4 Å². The van der Waals surface area contributed by atoms with Crippen molar-refractivity contribution in [2.24, 2.45) is 0 Å². The Morgan fingerprint density at radius 3 is 2.57 bits per heavy atom. The van der Waals surface area contributed by atoms with Crippen molar-refractivity contribution in [2.75, 3.05) is 16.8 Å². The van der Waals surface area contributed by atoms with E-state index in [1.807, 2.05) is 24.3 Å². The van der Waals surface area contributed by atoms with Gasteiger partial charge in [0.1, 0.15) is 9.84 Å². The summed E-state index contributed by atoms with van der Waals surface area (Å²) < 4.78 is 22.9. The molecule has 0 aromatic heterocycles. The van der Waals surface area contributed by atoms with E-state index in [0.29, 0.717) is 12.8 Å². The molecule has 1 aliphatic rings. The third kappa shape index (κ3) is 4.82. The summed E-state index contributed by atoms with van der Waals surface area (Å²) in [5, 5.41) is 6.24. The topological polar surface area (TPSA) is 75.3 Å². The Morgan fingerprint density at radius 2 is 1.95 bits per heavy atom. The van der Waals surface area contributed by atoms with E-state index >= 15 is 0 Å². The van der Waals surface area contributed by atoms with Gasteiger partial charge in [-0.15, -0.1) is 0 Å². The molecule has 0 bridgehead atoms. The number of carbonyl (C=O) groups excluding carboxylic acids is 1. The van der Waals surface area contributed by atoms with Crippen LogP contribution in [0.4, 0.5) is 5.69 Å². The normalized spacial score (nSPS) is 19.9. The van der Waals surface area contributed by atoms with Gasteiger partial charge in [-0.3, -0.25) is 4.79 Å². The molecule has 2 rings (SSSR count). The molecule has 6 heteroatoms. The standard InChI is InChI=1S/C15H22N2O3S/c1-11(16-14-6-8-21(19,20)9-7-14)13-4-3-5-15(10-13)17-12(2)18/h3-5,10-11,14,16H,6-9H2,1-2H3,(H,17,18).